The molecule has 1 aliphatic rings. The van der Waals surface area contributed by atoms with Crippen molar-refractivity contribution in [2.24, 2.45) is 0 Å². The van der Waals surface area contributed by atoms with Gasteiger partial charge in [-0.3, -0.25) is 4.79 Å². The van der Waals surface area contributed by atoms with Gasteiger partial charge in [-0.15, -0.1) is 0 Å². The molecule has 0 heterocycles. The molecule has 0 atom stereocenters. The third-order valence-electron chi connectivity index (χ3n) is 3.76. The first kappa shape index (κ1) is 12.9. The predicted molar refractivity (Wildman–Crippen MR) is 74.5 cm³/mol. The molecular weight excluding hydrogens is 224 g/mol. The first-order valence-electron chi connectivity index (χ1n) is 6.84. The van der Waals surface area contributed by atoms with Crippen LogP contribution in [0.1, 0.15) is 54.4 Å². The van der Waals surface area contributed by atoms with Crippen molar-refractivity contribution in [2.75, 3.05) is 5.73 Å². The maximum atomic E-state index is 12.2. The van der Waals surface area contributed by atoms with E-state index in [0.29, 0.717) is 17.3 Å². The van der Waals surface area contributed by atoms with E-state index in [4.69, 9.17) is 5.73 Å². The first-order chi connectivity index (χ1) is 8.68. The SMILES string of the molecule is Cc1cccc(C(=O)NC2CCCCCC2)c1N. The Kier molecular flexibility index (Phi) is 4.24. The van der Waals surface area contributed by atoms with Crippen molar-refractivity contribution >= 4 is 11.6 Å². The average molecular weight is 246 g/mol. The smallest absolute Gasteiger partial charge is 0.253 e. The number of nitrogen functional groups attached to an aromatic ring is 1. The van der Waals surface area contributed by atoms with E-state index < -0.39 is 0 Å². The van der Waals surface area contributed by atoms with E-state index in [-0.39, 0.29) is 5.91 Å². The van der Waals surface area contributed by atoms with Gasteiger partial charge in [0.15, 0.2) is 0 Å². The van der Waals surface area contributed by atoms with E-state index >= 15 is 0 Å². The van der Waals surface area contributed by atoms with Gasteiger partial charge < -0.3 is 11.1 Å². The zero-order valence-electron chi connectivity index (χ0n) is 11.0. The molecule has 0 unspecified atom stereocenters. The fourth-order valence-corrected chi connectivity index (χ4v) is 2.57. The molecule has 1 aromatic carbocycles. The van der Waals surface area contributed by atoms with Crippen LogP contribution in [0.4, 0.5) is 5.69 Å². The largest absolute Gasteiger partial charge is 0.398 e. The molecule has 1 fully saturated rings. The summed E-state index contributed by atoms with van der Waals surface area (Å²) < 4.78 is 0. The lowest BCUT2D eigenvalue weighted by atomic mass is 10.1. The Hall–Kier alpha value is -1.51. The van der Waals surface area contributed by atoms with Crippen molar-refractivity contribution in [3.8, 4) is 0 Å². The lowest BCUT2D eigenvalue weighted by Gasteiger charge is -2.17. The molecule has 0 radical (unpaired) electrons. The monoisotopic (exact) mass is 246 g/mol. The van der Waals surface area contributed by atoms with Crippen LogP contribution >= 0.6 is 0 Å². The minimum atomic E-state index is -0.0249. The Labute approximate surface area is 109 Å². The molecule has 0 spiro atoms. The second-order valence-corrected chi connectivity index (χ2v) is 5.20. The number of carbonyl (C=O) groups is 1. The van der Waals surface area contributed by atoms with Crippen LogP contribution < -0.4 is 11.1 Å². The number of rotatable bonds is 2. The van der Waals surface area contributed by atoms with Gasteiger partial charge in [0.25, 0.3) is 5.91 Å². The van der Waals surface area contributed by atoms with Gasteiger partial charge in [0.05, 0.1) is 5.56 Å². The van der Waals surface area contributed by atoms with Gasteiger partial charge in [-0.1, -0.05) is 37.8 Å². The molecule has 3 nitrogen and oxygen atoms in total. The third kappa shape index (κ3) is 3.03. The molecule has 18 heavy (non-hydrogen) atoms. The van der Waals surface area contributed by atoms with Crippen LogP contribution in [0.3, 0.4) is 0 Å². The molecule has 0 bridgehead atoms. The highest BCUT2D eigenvalue weighted by molar-refractivity contribution is 5.99. The van der Waals surface area contributed by atoms with Crippen molar-refractivity contribution in [1.82, 2.24) is 5.32 Å². The number of anilines is 1. The summed E-state index contributed by atoms with van der Waals surface area (Å²) in [7, 11) is 0. The van der Waals surface area contributed by atoms with Gasteiger partial charge in [0.2, 0.25) is 0 Å². The molecule has 0 aromatic heterocycles. The zero-order chi connectivity index (χ0) is 13.0. The number of nitrogens with two attached hydrogens (primary N) is 1. The number of benzene rings is 1. The maximum Gasteiger partial charge on any atom is 0.253 e. The molecule has 98 valence electrons. The van der Waals surface area contributed by atoms with E-state index in [9.17, 15) is 4.79 Å². The zero-order valence-corrected chi connectivity index (χ0v) is 11.0. The molecule has 1 aromatic rings. The van der Waals surface area contributed by atoms with Gasteiger partial charge in [-0.2, -0.15) is 0 Å². The Bertz CT molecular complexity index is 421. The minimum Gasteiger partial charge on any atom is -0.398 e. The summed E-state index contributed by atoms with van der Waals surface area (Å²) in [5.41, 5.74) is 8.13. The van der Waals surface area contributed by atoms with E-state index in [0.717, 1.165) is 18.4 Å². The molecular formula is C15H22N2O. The van der Waals surface area contributed by atoms with Gasteiger partial charge in [0, 0.05) is 11.7 Å². The van der Waals surface area contributed by atoms with Crippen LogP contribution in [0, 0.1) is 6.92 Å². The topological polar surface area (TPSA) is 55.1 Å². The van der Waals surface area contributed by atoms with Crippen LogP contribution in [0.2, 0.25) is 0 Å². The summed E-state index contributed by atoms with van der Waals surface area (Å²) in [6.07, 6.45) is 7.20. The molecule has 1 saturated carbocycles. The minimum absolute atomic E-state index is 0.0249. The maximum absolute atomic E-state index is 12.2. The first-order valence-corrected chi connectivity index (χ1v) is 6.84. The van der Waals surface area contributed by atoms with Crippen LogP contribution in [-0.4, -0.2) is 11.9 Å². The highest BCUT2D eigenvalue weighted by atomic mass is 16.1. The number of amides is 1. The third-order valence-corrected chi connectivity index (χ3v) is 3.76. The molecule has 3 N–H and O–H groups in total. The fraction of sp³-hybridized carbons (Fsp3) is 0.533. The second kappa shape index (κ2) is 5.89. The van der Waals surface area contributed by atoms with Gasteiger partial charge in [0.1, 0.15) is 0 Å². The number of nitrogens with one attached hydrogen (secondary N) is 1. The highest BCUT2D eigenvalue weighted by Gasteiger charge is 2.17. The fourth-order valence-electron chi connectivity index (χ4n) is 2.57. The number of carbonyl (C=O) groups excluding carboxylic acids is 1. The standard InChI is InChI=1S/C15H22N2O/c1-11-7-6-10-13(14(11)16)15(18)17-12-8-4-2-3-5-9-12/h6-7,10,12H,2-5,8-9,16H2,1H3,(H,17,18). The van der Waals surface area contributed by atoms with E-state index in [2.05, 4.69) is 5.32 Å². The summed E-state index contributed by atoms with van der Waals surface area (Å²) >= 11 is 0. The van der Waals surface area contributed by atoms with E-state index in [1.165, 1.54) is 25.7 Å². The van der Waals surface area contributed by atoms with Gasteiger partial charge >= 0.3 is 0 Å². The van der Waals surface area contributed by atoms with Crippen molar-refractivity contribution in [1.29, 1.82) is 0 Å². The Morgan fingerprint density at radius 1 is 1.22 bits per heavy atom. The van der Waals surface area contributed by atoms with Crippen molar-refractivity contribution in [2.45, 2.75) is 51.5 Å². The normalized spacial score (nSPS) is 17.2. The van der Waals surface area contributed by atoms with E-state index in [1.54, 1.807) is 6.07 Å². The lowest BCUT2D eigenvalue weighted by molar-refractivity contribution is 0.0934. The molecule has 1 aliphatic carbocycles. The Morgan fingerprint density at radius 2 is 1.89 bits per heavy atom. The molecule has 0 aliphatic heterocycles. The van der Waals surface area contributed by atoms with Crippen LogP contribution in [0.5, 0.6) is 0 Å². The van der Waals surface area contributed by atoms with Crippen LogP contribution in [-0.2, 0) is 0 Å². The van der Waals surface area contributed by atoms with Gasteiger partial charge in [-0.05, 0) is 31.4 Å². The number of para-hydroxylation sites is 1. The summed E-state index contributed by atoms with van der Waals surface area (Å²) in [5.74, 6) is -0.0249. The van der Waals surface area contributed by atoms with Crippen LogP contribution in [0.15, 0.2) is 18.2 Å². The van der Waals surface area contributed by atoms with Crippen LogP contribution in [0.25, 0.3) is 0 Å². The Morgan fingerprint density at radius 3 is 2.56 bits per heavy atom. The van der Waals surface area contributed by atoms with Crippen molar-refractivity contribution in [3.63, 3.8) is 0 Å². The summed E-state index contributed by atoms with van der Waals surface area (Å²) in [6.45, 7) is 1.93. The predicted octanol–water partition coefficient (Wildman–Crippen LogP) is 3.03. The average Bonchev–Trinajstić information content (AvgIpc) is 2.61. The molecule has 2 rings (SSSR count). The highest BCUT2D eigenvalue weighted by Crippen LogP contribution is 2.20. The quantitative estimate of drug-likeness (QED) is 0.622. The van der Waals surface area contributed by atoms with Crippen molar-refractivity contribution in [3.05, 3.63) is 29.3 Å². The summed E-state index contributed by atoms with van der Waals surface area (Å²) in [6, 6.07) is 5.93. The number of hydrogen-bond acceptors (Lipinski definition) is 2. The van der Waals surface area contributed by atoms with Gasteiger partial charge in [-0.25, -0.2) is 0 Å². The summed E-state index contributed by atoms with van der Waals surface area (Å²) in [5, 5.41) is 3.12. The Balaban J connectivity index is 2.04. The second-order valence-electron chi connectivity index (χ2n) is 5.20. The number of hydrogen-bond donors (Lipinski definition) is 2. The number of aryl methyl sites for hydroxylation is 1. The van der Waals surface area contributed by atoms with E-state index in [1.807, 2.05) is 19.1 Å². The molecule has 0 saturated heterocycles. The van der Waals surface area contributed by atoms with Crippen molar-refractivity contribution < 1.29 is 4.79 Å². The lowest BCUT2D eigenvalue weighted by Crippen LogP contribution is -2.34. The molecule has 1 amide bonds. The molecule has 3 heteroatoms. The summed E-state index contributed by atoms with van der Waals surface area (Å²) in [4.78, 5) is 12.2.